The molecule has 0 aliphatic heterocycles. The maximum atomic E-state index is 6.11. The SMILES string of the molecule is Cc1cc2c(NCCc3c[nH]cn3)nc(-c3cccc(Cl)c3)nc2[nH]1. The molecule has 0 aliphatic rings. The van der Waals surface area contributed by atoms with Crippen molar-refractivity contribution in [2.75, 3.05) is 11.9 Å². The normalized spacial score (nSPS) is 11.1. The monoisotopic (exact) mass is 352 g/mol. The first-order valence-electron chi connectivity index (χ1n) is 8.04. The predicted octanol–water partition coefficient (Wildman–Crippen LogP) is 3.96. The highest BCUT2D eigenvalue weighted by Gasteiger charge is 2.12. The lowest BCUT2D eigenvalue weighted by Crippen LogP contribution is -2.08. The van der Waals surface area contributed by atoms with E-state index in [1.807, 2.05) is 43.5 Å². The minimum Gasteiger partial charge on any atom is -0.369 e. The van der Waals surface area contributed by atoms with Crippen LogP contribution in [0.1, 0.15) is 11.4 Å². The van der Waals surface area contributed by atoms with Gasteiger partial charge in [0.15, 0.2) is 5.82 Å². The summed E-state index contributed by atoms with van der Waals surface area (Å²) in [6.45, 7) is 2.74. The number of aromatic amines is 2. The summed E-state index contributed by atoms with van der Waals surface area (Å²) in [7, 11) is 0. The van der Waals surface area contributed by atoms with Crippen LogP contribution in [0.15, 0.2) is 42.9 Å². The van der Waals surface area contributed by atoms with Crippen molar-refractivity contribution in [3.8, 4) is 11.4 Å². The molecule has 0 spiro atoms. The molecule has 3 aromatic heterocycles. The van der Waals surface area contributed by atoms with Crippen LogP contribution in [0, 0.1) is 6.92 Å². The van der Waals surface area contributed by atoms with Crippen molar-refractivity contribution in [2.45, 2.75) is 13.3 Å². The van der Waals surface area contributed by atoms with Gasteiger partial charge in [0.1, 0.15) is 11.5 Å². The zero-order chi connectivity index (χ0) is 17.2. The van der Waals surface area contributed by atoms with Gasteiger partial charge < -0.3 is 15.3 Å². The van der Waals surface area contributed by atoms with Crippen molar-refractivity contribution in [2.24, 2.45) is 0 Å². The van der Waals surface area contributed by atoms with Gasteiger partial charge in [0, 0.05) is 35.4 Å². The van der Waals surface area contributed by atoms with Gasteiger partial charge in [0.2, 0.25) is 0 Å². The molecule has 0 amide bonds. The number of aryl methyl sites for hydroxylation is 1. The van der Waals surface area contributed by atoms with E-state index in [1.54, 1.807) is 6.33 Å². The van der Waals surface area contributed by atoms with E-state index in [2.05, 4.69) is 25.3 Å². The average Bonchev–Trinajstić information content (AvgIpc) is 3.23. The van der Waals surface area contributed by atoms with Crippen LogP contribution in [-0.2, 0) is 6.42 Å². The van der Waals surface area contributed by atoms with Gasteiger partial charge in [0.05, 0.1) is 17.4 Å². The van der Waals surface area contributed by atoms with Gasteiger partial charge in [-0.1, -0.05) is 23.7 Å². The summed E-state index contributed by atoms with van der Waals surface area (Å²) < 4.78 is 0. The summed E-state index contributed by atoms with van der Waals surface area (Å²) in [6, 6.07) is 9.61. The lowest BCUT2D eigenvalue weighted by molar-refractivity contribution is 0.969. The third kappa shape index (κ3) is 3.34. The van der Waals surface area contributed by atoms with Gasteiger partial charge >= 0.3 is 0 Å². The average molecular weight is 353 g/mol. The van der Waals surface area contributed by atoms with E-state index in [1.165, 1.54) is 0 Å². The van der Waals surface area contributed by atoms with Crippen molar-refractivity contribution in [1.82, 2.24) is 24.9 Å². The summed E-state index contributed by atoms with van der Waals surface area (Å²) >= 11 is 6.11. The molecule has 0 unspecified atom stereocenters. The molecule has 6 nitrogen and oxygen atoms in total. The third-order valence-electron chi connectivity index (χ3n) is 3.93. The zero-order valence-electron chi connectivity index (χ0n) is 13.7. The number of anilines is 1. The van der Waals surface area contributed by atoms with Gasteiger partial charge in [-0.05, 0) is 25.1 Å². The Morgan fingerprint density at radius 1 is 1.20 bits per heavy atom. The van der Waals surface area contributed by atoms with Gasteiger partial charge in [-0.2, -0.15) is 0 Å². The van der Waals surface area contributed by atoms with Crippen molar-refractivity contribution in [1.29, 1.82) is 0 Å². The molecule has 4 aromatic rings. The van der Waals surface area contributed by atoms with Crippen LogP contribution in [0.4, 0.5) is 5.82 Å². The topological polar surface area (TPSA) is 82.3 Å². The molecule has 4 rings (SSSR count). The molecule has 25 heavy (non-hydrogen) atoms. The molecule has 0 radical (unpaired) electrons. The van der Waals surface area contributed by atoms with E-state index < -0.39 is 0 Å². The number of hydrogen-bond acceptors (Lipinski definition) is 4. The largest absolute Gasteiger partial charge is 0.369 e. The number of imidazole rings is 1. The Morgan fingerprint density at radius 3 is 2.92 bits per heavy atom. The zero-order valence-corrected chi connectivity index (χ0v) is 14.4. The van der Waals surface area contributed by atoms with Crippen LogP contribution in [0.25, 0.3) is 22.4 Å². The number of hydrogen-bond donors (Lipinski definition) is 3. The molecule has 0 aliphatic carbocycles. The summed E-state index contributed by atoms with van der Waals surface area (Å²) in [5.41, 5.74) is 3.75. The highest BCUT2D eigenvalue weighted by molar-refractivity contribution is 6.30. The first kappa shape index (κ1) is 15.7. The van der Waals surface area contributed by atoms with Crippen molar-refractivity contribution < 1.29 is 0 Å². The van der Waals surface area contributed by atoms with E-state index in [9.17, 15) is 0 Å². The van der Waals surface area contributed by atoms with Crippen LogP contribution in [0.3, 0.4) is 0 Å². The van der Waals surface area contributed by atoms with Crippen LogP contribution in [0.5, 0.6) is 0 Å². The van der Waals surface area contributed by atoms with E-state index >= 15 is 0 Å². The van der Waals surface area contributed by atoms with Crippen LogP contribution in [-0.4, -0.2) is 31.5 Å². The second kappa shape index (κ2) is 6.57. The lowest BCUT2D eigenvalue weighted by Gasteiger charge is -2.08. The fourth-order valence-electron chi connectivity index (χ4n) is 2.77. The third-order valence-corrected chi connectivity index (χ3v) is 4.17. The number of nitrogens with one attached hydrogen (secondary N) is 3. The minimum absolute atomic E-state index is 0.638. The minimum atomic E-state index is 0.638. The van der Waals surface area contributed by atoms with E-state index in [4.69, 9.17) is 16.6 Å². The quantitative estimate of drug-likeness (QED) is 0.507. The van der Waals surface area contributed by atoms with Crippen LogP contribution < -0.4 is 5.32 Å². The summed E-state index contributed by atoms with van der Waals surface area (Å²) in [4.78, 5) is 19.8. The standard InChI is InChI=1S/C18H17ClN6/c1-11-7-15-17(21-6-5-14-9-20-10-22-14)24-16(25-18(15)23-11)12-3-2-4-13(19)8-12/h2-4,7-10H,5-6H2,1H3,(H,20,22)(H2,21,23,24,25). The van der Waals surface area contributed by atoms with Crippen molar-refractivity contribution in [3.05, 3.63) is 59.3 Å². The molecule has 7 heteroatoms. The van der Waals surface area contributed by atoms with Gasteiger partial charge in [-0.3, -0.25) is 0 Å². The van der Waals surface area contributed by atoms with Crippen molar-refractivity contribution in [3.63, 3.8) is 0 Å². The molecule has 3 heterocycles. The molecule has 0 bridgehead atoms. The van der Waals surface area contributed by atoms with E-state index in [0.29, 0.717) is 10.8 Å². The molecular formula is C18H17ClN6. The Bertz CT molecular complexity index is 1010. The fraction of sp³-hybridized carbons (Fsp3) is 0.167. The Balaban J connectivity index is 1.68. The number of aromatic nitrogens is 5. The molecule has 3 N–H and O–H groups in total. The van der Waals surface area contributed by atoms with Crippen LogP contribution >= 0.6 is 11.6 Å². The van der Waals surface area contributed by atoms with Gasteiger partial charge in [0.25, 0.3) is 0 Å². The Labute approximate surface area is 149 Å². The van der Waals surface area contributed by atoms with E-state index in [0.717, 1.165) is 46.8 Å². The number of benzene rings is 1. The smallest absolute Gasteiger partial charge is 0.163 e. The lowest BCUT2D eigenvalue weighted by atomic mass is 10.2. The molecule has 1 aromatic carbocycles. The van der Waals surface area contributed by atoms with Gasteiger partial charge in [-0.15, -0.1) is 0 Å². The van der Waals surface area contributed by atoms with Crippen LogP contribution in [0.2, 0.25) is 5.02 Å². The number of rotatable bonds is 5. The summed E-state index contributed by atoms with van der Waals surface area (Å²) in [5, 5.41) is 5.05. The molecule has 126 valence electrons. The predicted molar refractivity (Wildman–Crippen MR) is 99.9 cm³/mol. The summed E-state index contributed by atoms with van der Waals surface area (Å²) in [5.74, 6) is 1.44. The Morgan fingerprint density at radius 2 is 2.12 bits per heavy atom. The maximum absolute atomic E-state index is 6.11. The Hall–Kier alpha value is -2.86. The molecular weight excluding hydrogens is 336 g/mol. The maximum Gasteiger partial charge on any atom is 0.163 e. The highest BCUT2D eigenvalue weighted by atomic mass is 35.5. The number of halogens is 1. The number of H-pyrrole nitrogens is 2. The number of nitrogens with zero attached hydrogens (tertiary/aromatic N) is 3. The molecule has 0 fully saturated rings. The van der Waals surface area contributed by atoms with E-state index in [-0.39, 0.29) is 0 Å². The number of fused-ring (bicyclic) bond motifs is 1. The second-order valence-corrected chi connectivity index (χ2v) is 6.29. The second-order valence-electron chi connectivity index (χ2n) is 5.86. The van der Waals surface area contributed by atoms with Gasteiger partial charge in [-0.25, -0.2) is 15.0 Å². The fourth-order valence-corrected chi connectivity index (χ4v) is 2.96. The molecule has 0 saturated heterocycles. The first-order chi connectivity index (χ1) is 12.2. The Kier molecular flexibility index (Phi) is 4.11. The molecule has 0 atom stereocenters. The first-order valence-corrected chi connectivity index (χ1v) is 8.42. The summed E-state index contributed by atoms with van der Waals surface area (Å²) in [6.07, 6.45) is 4.39. The molecule has 0 saturated carbocycles. The highest BCUT2D eigenvalue weighted by Crippen LogP contribution is 2.26. The van der Waals surface area contributed by atoms with Crippen molar-refractivity contribution >= 4 is 28.5 Å².